The molecule has 19 heavy (non-hydrogen) atoms. The second-order valence-electron chi connectivity index (χ2n) is 3.55. The first-order chi connectivity index (χ1) is 8.95. The van der Waals surface area contributed by atoms with Gasteiger partial charge >= 0.3 is 0 Å². The van der Waals surface area contributed by atoms with Gasteiger partial charge in [0, 0.05) is 6.07 Å². The molecule has 0 radical (unpaired) electrons. The summed E-state index contributed by atoms with van der Waals surface area (Å²) in [6, 6.07) is 4.06. The van der Waals surface area contributed by atoms with Crippen LogP contribution in [0.3, 0.4) is 0 Å². The maximum absolute atomic E-state index is 11.6. The molecule has 0 aromatic heterocycles. The van der Waals surface area contributed by atoms with Crippen LogP contribution < -0.4 is 10.1 Å². The van der Waals surface area contributed by atoms with Crippen molar-refractivity contribution in [1.29, 1.82) is 0 Å². The maximum Gasteiger partial charge on any atom is 0.273 e. The van der Waals surface area contributed by atoms with E-state index in [1.54, 1.807) is 0 Å². The van der Waals surface area contributed by atoms with Crippen LogP contribution >= 0.6 is 15.9 Å². The van der Waals surface area contributed by atoms with Crippen LogP contribution in [0.5, 0.6) is 5.75 Å². The van der Waals surface area contributed by atoms with E-state index < -0.39 is 16.9 Å². The minimum atomic E-state index is -0.813. The van der Waals surface area contributed by atoms with Crippen molar-refractivity contribution in [2.45, 2.75) is 13.0 Å². The number of nitro groups is 1. The lowest BCUT2D eigenvalue weighted by atomic mass is 10.3. The van der Waals surface area contributed by atoms with E-state index in [1.807, 2.05) is 0 Å². The zero-order valence-electron chi connectivity index (χ0n) is 10.1. The number of nitrogens with zero attached hydrogens (tertiary/aromatic N) is 1. The molecule has 1 atom stereocenters. The van der Waals surface area contributed by atoms with Crippen LogP contribution in [0.2, 0.25) is 0 Å². The fourth-order valence-corrected chi connectivity index (χ4v) is 1.56. The van der Waals surface area contributed by atoms with E-state index in [-0.39, 0.29) is 18.0 Å². The van der Waals surface area contributed by atoms with Crippen molar-refractivity contribution < 1.29 is 14.5 Å². The highest BCUT2D eigenvalue weighted by molar-refractivity contribution is 9.10. The first kappa shape index (κ1) is 15.0. The fourth-order valence-electron chi connectivity index (χ4n) is 1.22. The minimum absolute atomic E-state index is 0.0998. The molecule has 1 unspecified atom stereocenters. The molecule has 0 fully saturated rings. The SMILES string of the molecule is C#CCNC(=O)C(C)Oc1cc([N+](=O)[O-])ccc1Br. The number of carbonyl (C=O) groups excluding carboxylic acids is 1. The highest BCUT2D eigenvalue weighted by atomic mass is 79.9. The van der Waals surface area contributed by atoms with Gasteiger partial charge < -0.3 is 10.1 Å². The average molecular weight is 327 g/mol. The molecule has 1 rings (SSSR count). The normalized spacial score (nSPS) is 11.2. The van der Waals surface area contributed by atoms with Gasteiger partial charge in [-0.25, -0.2) is 0 Å². The third-order valence-corrected chi connectivity index (χ3v) is 2.82. The lowest BCUT2D eigenvalue weighted by Gasteiger charge is -2.14. The Hall–Kier alpha value is -2.07. The Bertz CT molecular complexity index is 539. The zero-order chi connectivity index (χ0) is 14.4. The molecule has 1 N–H and O–H groups in total. The third-order valence-electron chi connectivity index (χ3n) is 2.16. The van der Waals surface area contributed by atoms with Gasteiger partial charge in [-0.05, 0) is 28.9 Å². The summed E-state index contributed by atoms with van der Waals surface area (Å²) in [7, 11) is 0. The fraction of sp³-hybridized carbons (Fsp3) is 0.250. The van der Waals surface area contributed by atoms with Crippen molar-refractivity contribution in [1.82, 2.24) is 5.32 Å². The highest BCUT2D eigenvalue weighted by Crippen LogP contribution is 2.29. The zero-order valence-corrected chi connectivity index (χ0v) is 11.6. The summed E-state index contributed by atoms with van der Waals surface area (Å²) in [6.07, 6.45) is 4.21. The van der Waals surface area contributed by atoms with Gasteiger partial charge in [0.15, 0.2) is 6.10 Å². The second kappa shape index (κ2) is 6.75. The Morgan fingerprint density at radius 2 is 2.37 bits per heavy atom. The number of nitro benzene ring substituents is 1. The number of hydrogen-bond acceptors (Lipinski definition) is 4. The van der Waals surface area contributed by atoms with E-state index in [0.717, 1.165) is 0 Å². The molecule has 0 bridgehead atoms. The number of hydrogen-bond donors (Lipinski definition) is 1. The molecule has 6 nitrogen and oxygen atoms in total. The Balaban J connectivity index is 2.81. The summed E-state index contributed by atoms with van der Waals surface area (Å²) in [5.41, 5.74) is -0.116. The van der Waals surface area contributed by atoms with Crippen LogP contribution in [-0.4, -0.2) is 23.5 Å². The van der Waals surface area contributed by atoms with Gasteiger partial charge in [-0.15, -0.1) is 6.42 Å². The average Bonchev–Trinajstić information content (AvgIpc) is 2.38. The Morgan fingerprint density at radius 3 is 2.95 bits per heavy atom. The van der Waals surface area contributed by atoms with Crippen molar-refractivity contribution >= 4 is 27.5 Å². The van der Waals surface area contributed by atoms with E-state index in [0.29, 0.717) is 4.47 Å². The monoisotopic (exact) mass is 326 g/mol. The van der Waals surface area contributed by atoms with Crippen LogP contribution in [0.4, 0.5) is 5.69 Å². The minimum Gasteiger partial charge on any atom is -0.479 e. The number of carbonyl (C=O) groups is 1. The first-order valence-electron chi connectivity index (χ1n) is 5.27. The molecule has 0 heterocycles. The summed E-state index contributed by atoms with van der Waals surface area (Å²) in [4.78, 5) is 21.7. The van der Waals surface area contributed by atoms with E-state index in [4.69, 9.17) is 11.2 Å². The van der Waals surface area contributed by atoms with Gasteiger partial charge in [0.1, 0.15) is 5.75 Å². The Labute approximate surface area is 118 Å². The molecular formula is C12H11BrN2O4. The number of nitrogens with one attached hydrogen (secondary N) is 1. The largest absolute Gasteiger partial charge is 0.479 e. The van der Waals surface area contributed by atoms with Crippen molar-refractivity contribution in [3.63, 3.8) is 0 Å². The molecule has 1 amide bonds. The van der Waals surface area contributed by atoms with Crippen molar-refractivity contribution in [3.8, 4) is 18.1 Å². The van der Waals surface area contributed by atoms with Crippen LogP contribution in [0.25, 0.3) is 0 Å². The van der Waals surface area contributed by atoms with Gasteiger partial charge in [0.05, 0.1) is 22.0 Å². The highest BCUT2D eigenvalue weighted by Gasteiger charge is 2.17. The van der Waals surface area contributed by atoms with E-state index in [2.05, 4.69) is 27.2 Å². The molecule has 100 valence electrons. The van der Waals surface area contributed by atoms with Crippen molar-refractivity contribution in [2.75, 3.05) is 6.54 Å². The van der Waals surface area contributed by atoms with E-state index in [9.17, 15) is 14.9 Å². The number of terminal acetylenes is 1. The van der Waals surface area contributed by atoms with Crippen LogP contribution in [0.15, 0.2) is 22.7 Å². The van der Waals surface area contributed by atoms with Gasteiger partial charge in [0.25, 0.3) is 11.6 Å². The lowest BCUT2D eigenvalue weighted by molar-refractivity contribution is -0.385. The smallest absolute Gasteiger partial charge is 0.273 e. The van der Waals surface area contributed by atoms with Crippen LogP contribution in [-0.2, 0) is 4.79 Å². The third kappa shape index (κ3) is 4.26. The number of amides is 1. The molecular weight excluding hydrogens is 316 g/mol. The lowest BCUT2D eigenvalue weighted by Crippen LogP contribution is -2.36. The topological polar surface area (TPSA) is 81.5 Å². The summed E-state index contributed by atoms with van der Waals surface area (Å²) >= 11 is 3.20. The quantitative estimate of drug-likeness (QED) is 0.509. The molecule has 0 saturated carbocycles. The van der Waals surface area contributed by atoms with E-state index >= 15 is 0 Å². The molecule has 0 aliphatic carbocycles. The van der Waals surface area contributed by atoms with Crippen molar-refractivity contribution in [2.24, 2.45) is 0 Å². The Kier molecular flexibility index (Phi) is 5.33. The summed E-state index contributed by atoms with van der Waals surface area (Å²) in [6.45, 7) is 1.62. The number of non-ortho nitro benzene ring substituents is 1. The van der Waals surface area contributed by atoms with Gasteiger partial charge in [-0.2, -0.15) is 0 Å². The van der Waals surface area contributed by atoms with E-state index in [1.165, 1.54) is 25.1 Å². The van der Waals surface area contributed by atoms with Crippen LogP contribution in [0.1, 0.15) is 6.92 Å². The molecule has 0 spiro atoms. The van der Waals surface area contributed by atoms with Gasteiger partial charge in [-0.1, -0.05) is 5.92 Å². The standard InChI is InChI=1S/C12H11BrN2O4/c1-3-6-14-12(16)8(2)19-11-7-9(15(17)18)4-5-10(11)13/h1,4-5,7-8H,6H2,2H3,(H,14,16). The van der Waals surface area contributed by atoms with Crippen LogP contribution in [0, 0.1) is 22.5 Å². The predicted molar refractivity (Wildman–Crippen MR) is 72.7 cm³/mol. The molecule has 0 aliphatic heterocycles. The molecule has 1 aromatic rings. The molecule has 0 aliphatic rings. The molecule has 0 saturated heterocycles. The van der Waals surface area contributed by atoms with Gasteiger partial charge in [0.2, 0.25) is 0 Å². The number of benzene rings is 1. The summed E-state index contributed by atoms with van der Waals surface area (Å²) < 4.78 is 5.89. The molecule has 1 aromatic carbocycles. The second-order valence-corrected chi connectivity index (χ2v) is 4.41. The predicted octanol–water partition coefficient (Wildman–Crippen LogP) is 1.87. The number of rotatable bonds is 5. The Morgan fingerprint density at radius 1 is 1.68 bits per heavy atom. The number of halogens is 1. The molecule has 7 heteroatoms. The summed E-state index contributed by atoms with van der Waals surface area (Å²) in [5.74, 6) is 2.09. The van der Waals surface area contributed by atoms with Gasteiger partial charge in [-0.3, -0.25) is 14.9 Å². The van der Waals surface area contributed by atoms with Crippen molar-refractivity contribution in [3.05, 3.63) is 32.8 Å². The first-order valence-corrected chi connectivity index (χ1v) is 6.06. The summed E-state index contributed by atoms with van der Waals surface area (Å²) in [5, 5.41) is 13.1. The maximum atomic E-state index is 11.6. The number of ether oxygens (including phenoxy) is 1.